The number of nitrogen functional groups attached to an aromatic ring is 2. The maximum atomic E-state index is 12.7. The van der Waals surface area contributed by atoms with Crippen LogP contribution in [0.15, 0.2) is 61.2 Å². The second-order valence-electron chi connectivity index (χ2n) is 11.7. The molecule has 6 heteroatoms. The Labute approximate surface area is 252 Å². The van der Waals surface area contributed by atoms with Crippen molar-refractivity contribution in [2.24, 2.45) is 11.8 Å². The zero-order chi connectivity index (χ0) is 30.2. The van der Waals surface area contributed by atoms with Crippen LogP contribution in [0, 0.1) is 11.8 Å². The van der Waals surface area contributed by atoms with Crippen molar-refractivity contribution in [2.45, 2.75) is 96.3 Å². The van der Waals surface area contributed by atoms with E-state index in [0.29, 0.717) is 17.1 Å². The summed E-state index contributed by atoms with van der Waals surface area (Å²) in [5, 5.41) is 0. The lowest BCUT2D eigenvalue weighted by Crippen LogP contribution is -2.25. The van der Waals surface area contributed by atoms with Gasteiger partial charge in [0.1, 0.15) is 5.75 Å². The SMILES string of the molecule is C=CCCCCCCC1CCC(C(=O)Oc2ccc(C=CC(=O)OCC(CCCC)c3cc(N)cc(N)c3)cc2)CC1. The molecular formula is C36H50N2O4. The fourth-order valence-corrected chi connectivity index (χ4v) is 5.74. The van der Waals surface area contributed by atoms with E-state index in [9.17, 15) is 9.59 Å². The van der Waals surface area contributed by atoms with Crippen LogP contribution in [-0.2, 0) is 14.3 Å². The van der Waals surface area contributed by atoms with Crippen LogP contribution in [0.5, 0.6) is 5.75 Å². The van der Waals surface area contributed by atoms with E-state index in [0.717, 1.165) is 68.4 Å². The number of carbonyl (C=O) groups excluding carboxylic acids is 2. The Balaban J connectivity index is 1.40. The summed E-state index contributed by atoms with van der Waals surface area (Å²) < 4.78 is 11.3. The number of unbranched alkanes of at least 4 members (excludes halogenated alkanes) is 5. The second-order valence-corrected chi connectivity index (χ2v) is 11.7. The molecule has 0 radical (unpaired) electrons. The first kappa shape index (κ1) is 33.0. The van der Waals surface area contributed by atoms with Gasteiger partial charge in [-0.05, 0) is 98.4 Å². The van der Waals surface area contributed by atoms with Gasteiger partial charge in [0.2, 0.25) is 0 Å². The first-order chi connectivity index (χ1) is 20.4. The molecule has 0 bridgehead atoms. The summed E-state index contributed by atoms with van der Waals surface area (Å²) in [5.41, 5.74) is 15.0. The van der Waals surface area contributed by atoms with Crippen molar-refractivity contribution in [1.82, 2.24) is 0 Å². The van der Waals surface area contributed by atoms with Crippen molar-refractivity contribution in [3.8, 4) is 5.75 Å². The molecule has 42 heavy (non-hydrogen) atoms. The van der Waals surface area contributed by atoms with Crippen LogP contribution in [-0.4, -0.2) is 18.5 Å². The van der Waals surface area contributed by atoms with Gasteiger partial charge < -0.3 is 20.9 Å². The van der Waals surface area contributed by atoms with Gasteiger partial charge >= 0.3 is 11.9 Å². The van der Waals surface area contributed by atoms with Crippen molar-refractivity contribution in [3.63, 3.8) is 0 Å². The Morgan fingerprint density at radius 1 is 0.952 bits per heavy atom. The monoisotopic (exact) mass is 574 g/mol. The Hall–Kier alpha value is -3.54. The number of hydrogen-bond donors (Lipinski definition) is 2. The molecule has 1 atom stereocenters. The molecule has 0 amide bonds. The summed E-state index contributed by atoms with van der Waals surface area (Å²) in [6.45, 7) is 6.18. The zero-order valence-corrected chi connectivity index (χ0v) is 25.4. The van der Waals surface area contributed by atoms with E-state index >= 15 is 0 Å². The third-order valence-electron chi connectivity index (χ3n) is 8.27. The van der Waals surface area contributed by atoms with E-state index in [1.807, 2.05) is 30.3 Å². The summed E-state index contributed by atoms with van der Waals surface area (Å²) in [6.07, 6.45) is 19.6. The van der Waals surface area contributed by atoms with Crippen LogP contribution >= 0.6 is 0 Å². The first-order valence-corrected chi connectivity index (χ1v) is 15.8. The number of nitrogens with two attached hydrogens (primary N) is 2. The van der Waals surface area contributed by atoms with Crippen molar-refractivity contribution < 1.29 is 19.1 Å². The molecule has 0 aliphatic heterocycles. The minimum Gasteiger partial charge on any atom is -0.462 e. The third-order valence-corrected chi connectivity index (χ3v) is 8.27. The minimum absolute atomic E-state index is 0.0203. The number of rotatable bonds is 17. The molecule has 1 unspecified atom stereocenters. The molecule has 1 aliphatic carbocycles. The second kappa shape index (κ2) is 18.1. The number of carbonyl (C=O) groups is 2. The third kappa shape index (κ3) is 11.8. The van der Waals surface area contributed by atoms with Crippen molar-refractivity contribution >= 4 is 29.4 Å². The van der Waals surface area contributed by atoms with Gasteiger partial charge in [0.15, 0.2) is 0 Å². The molecule has 2 aromatic carbocycles. The average molecular weight is 575 g/mol. The van der Waals surface area contributed by atoms with Gasteiger partial charge in [-0.15, -0.1) is 6.58 Å². The highest BCUT2D eigenvalue weighted by molar-refractivity contribution is 5.87. The number of ether oxygens (including phenoxy) is 2. The number of esters is 2. The average Bonchev–Trinajstić information content (AvgIpc) is 2.98. The molecule has 3 rings (SSSR count). The van der Waals surface area contributed by atoms with Gasteiger partial charge in [-0.3, -0.25) is 4.79 Å². The molecule has 2 aromatic rings. The Morgan fingerprint density at radius 3 is 2.31 bits per heavy atom. The van der Waals surface area contributed by atoms with Crippen molar-refractivity contribution in [1.29, 1.82) is 0 Å². The van der Waals surface area contributed by atoms with E-state index in [1.165, 1.54) is 38.2 Å². The van der Waals surface area contributed by atoms with Gasteiger partial charge in [-0.2, -0.15) is 0 Å². The van der Waals surface area contributed by atoms with E-state index < -0.39 is 5.97 Å². The standard InChI is InChI=1S/C36H50N2O4/c1-3-5-7-8-9-10-11-27-13-18-29(19-14-27)36(40)42-34-20-15-28(16-21-34)17-22-35(39)41-26-30(12-6-4-2)31-23-32(37)25-33(38)24-31/h3,15-17,20-25,27,29-30H,1,4-14,18-19,26,37-38H2,2H3. The maximum Gasteiger partial charge on any atom is 0.330 e. The van der Waals surface area contributed by atoms with Crippen molar-refractivity contribution in [3.05, 3.63) is 72.3 Å². The van der Waals surface area contributed by atoms with E-state index in [2.05, 4.69) is 13.5 Å². The predicted octanol–water partition coefficient (Wildman–Crippen LogP) is 8.62. The predicted molar refractivity (Wildman–Crippen MR) is 173 cm³/mol. The Morgan fingerprint density at radius 2 is 1.64 bits per heavy atom. The van der Waals surface area contributed by atoms with E-state index in [4.69, 9.17) is 20.9 Å². The molecule has 0 heterocycles. The smallest absolute Gasteiger partial charge is 0.330 e. The lowest BCUT2D eigenvalue weighted by atomic mass is 9.80. The number of hydrogen-bond acceptors (Lipinski definition) is 6. The molecule has 1 saturated carbocycles. The first-order valence-electron chi connectivity index (χ1n) is 15.8. The molecule has 1 aliphatic rings. The van der Waals surface area contributed by atoms with Gasteiger partial charge in [0.25, 0.3) is 0 Å². The largest absolute Gasteiger partial charge is 0.462 e. The lowest BCUT2D eigenvalue weighted by molar-refractivity contribution is -0.140. The molecule has 228 valence electrons. The number of benzene rings is 2. The van der Waals surface area contributed by atoms with Crippen LogP contribution in [0.25, 0.3) is 6.08 Å². The van der Waals surface area contributed by atoms with Crippen LogP contribution < -0.4 is 16.2 Å². The highest BCUT2D eigenvalue weighted by atomic mass is 16.5. The molecule has 0 saturated heterocycles. The topological polar surface area (TPSA) is 105 Å². The van der Waals surface area contributed by atoms with Crippen LogP contribution in [0.3, 0.4) is 0 Å². The molecule has 0 aromatic heterocycles. The summed E-state index contributed by atoms with van der Waals surface area (Å²) in [7, 11) is 0. The van der Waals surface area contributed by atoms with Gasteiger partial charge in [0, 0.05) is 23.4 Å². The Kier molecular flexibility index (Phi) is 14.2. The summed E-state index contributed by atoms with van der Waals surface area (Å²) in [5.74, 6) is 0.741. The molecule has 1 fully saturated rings. The zero-order valence-electron chi connectivity index (χ0n) is 25.4. The summed E-state index contributed by atoms with van der Waals surface area (Å²) >= 11 is 0. The molecule has 0 spiro atoms. The normalized spacial score (nSPS) is 17.5. The van der Waals surface area contributed by atoms with Crippen LogP contribution in [0.2, 0.25) is 0 Å². The molecule has 6 nitrogen and oxygen atoms in total. The quantitative estimate of drug-likeness (QED) is 0.0489. The minimum atomic E-state index is -0.410. The molecule has 4 N–H and O–H groups in total. The van der Waals surface area contributed by atoms with Crippen LogP contribution in [0.1, 0.15) is 107 Å². The molecular weight excluding hydrogens is 524 g/mol. The van der Waals surface area contributed by atoms with Crippen LogP contribution in [0.4, 0.5) is 11.4 Å². The fourth-order valence-electron chi connectivity index (χ4n) is 5.74. The Bertz CT molecular complexity index is 1130. The maximum absolute atomic E-state index is 12.7. The van der Waals surface area contributed by atoms with Crippen molar-refractivity contribution in [2.75, 3.05) is 18.1 Å². The summed E-state index contributed by atoms with van der Waals surface area (Å²) in [4.78, 5) is 25.2. The van der Waals surface area contributed by atoms with Gasteiger partial charge in [-0.25, -0.2) is 4.79 Å². The van der Waals surface area contributed by atoms with E-state index in [1.54, 1.807) is 24.3 Å². The fraction of sp³-hybridized carbons (Fsp3) is 0.500. The summed E-state index contributed by atoms with van der Waals surface area (Å²) in [6, 6.07) is 12.7. The van der Waals surface area contributed by atoms with E-state index in [-0.39, 0.29) is 24.4 Å². The lowest BCUT2D eigenvalue weighted by Gasteiger charge is -2.27. The van der Waals surface area contributed by atoms with Gasteiger partial charge in [0.05, 0.1) is 12.5 Å². The number of allylic oxidation sites excluding steroid dienone is 1. The number of anilines is 2. The highest BCUT2D eigenvalue weighted by Crippen LogP contribution is 2.33. The highest BCUT2D eigenvalue weighted by Gasteiger charge is 2.27. The van der Waals surface area contributed by atoms with Gasteiger partial charge in [-0.1, -0.05) is 63.7 Å².